The van der Waals surface area contributed by atoms with Crippen molar-refractivity contribution in [1.29, 1.82) is 0 Å². The summed E-state index contributed by atoms with van der Waals surface area (Å²) in [7, 11) is 3.16. The van der Waals surface area contributed by atoms with Crippen LogP contribution in [0.4, 0.5) is 4.79 Å². The molecule has 0 spiro atoms. The molecule has 3 amide bonds. The molecule has 0 bridgehead atoms. The van der Waals surface area contributed by atoms with Crippen molar-refractivity contribution >= 4 is 11.9 Å². The van der Waals surface area contributed by atoms with E-state index in [4.69, 9.17) is 10.5 Å². The zero-order valence-electron chi connectivity index (χ0n) is 14.4. The fourth-order valence-corrected chi connectivity index (χ4v) is 2.47. The Labute approximate surface area is 138 Å². The summed E-state index contributed by atoms with van der Waals surface area (Å²) in [4.78, 5) is 23.9. The third-order valence-electron chi connectivity index (χ3n) is 4.29. The number of para-hydroxylation sites is 1. The van der Waals surface area contributed by atoms with Crippen LogP contribution < -0.4 is 15.8 Å². The van der Waals surface area contributed by atoms with E-state index < -0.39 is 6.03 Å². The van der Waals surface area contributed by atoms with Gasteiger partial charge in [-0.3, -0.25) is 4.79 Å². The number of nitrogens with two attached hydrogens (primary N) is 1. The standard InChI is InChI=1S/C17H27N3O3/c1-5-17(2,13-8-6-7-9-14(13)23-4)10-11-19-15(21)12-20(3)16(18)22/h6-9H,5,10-12H2,1-4H3,(H2,18,22)(H,19,21)/t17-/m1/s1. The van der Waals surface area contributed by atoms with Gasteiger partial charge in [-0.15, -0.1) is 0 Å². The maximum Gasteiger partial charge on any atom is 0.314 e. The van der Waals surface area contributed by atoms with Gasteiger partial charge in [0, 0.05) is 19.2 Å². The van der Waals surface area contributed by atoms with Gasteiger partial charge in [0.1, 0.15) is 12.3 Å². The van der Waals surface area contributed by atoms with Gasteiger partial charge in [-0.1, -0.05) is 32.0 Å². The molecule has 6 heteroatoms. The molecule has 0 aliphatic carbocycles. The van der Waals surface area contributed by atoms with Crippen molar-refractivity contribution in [1.82, 2.24) is 10.2 Å². The molecule has 1 aromatic rings. The molecule has 23 heavy (non-hydrogen) atoms. The second kappa shape index (κ2) is 8.41. The van der Waals surface area contributed by atoms with Crippen LogP contribution in [0.3, 0.4) is 0 Å². The number of urea groups is 1. The van der Waals surface area contributed by atoms with Crippen LogP contribution >= 0.6 is 0 Å². The van der Waals surface area contributed by atoms with Crippen molar-refractivity contribution in [3.63, 3.8) is 0 Å². The summed E-state index contributed by atoms with van der Waals surface area (Å²) in [6.07, 6.45) is 1.69. The summed E-state index contributed by atoms with van der Waals surface area (Å²) in [5, 5.41) is 2.84. The molecular weight excluding hydrogens is 294 g/mol. The summed E-state index contributed by atoms with van der Waals surface area (Å²) >= 11 is 0. The van der Waals surface area contributed by atoms with Crippen LogP contribution in [0.25, 0.3) is 0 Å². The van der Waals surface area contributed by atoms with Crippen molar-refractivity contribution in [3.05, 3.63) is 29.8 Å². The highest BCUT2D eigenvalue weighted by Gasteiger charge is 2.27. The van der Waals surface area contributed by atoms with Crippen molar-refractivity contribution in [3.8, 4) is 5.75 Å². The summed E-state index contributed by atoms with van der Waals surface area (Å²) in [5.74, 6) is 0.640. The third-order valence-corrected chi connectivity index (χ3v) is 4.29. The molecule has 3 N–H and O–H groups in total. The Bertz CT molecular complexity index is 548. The first-order chi connectivity index (χ1) is 10.8. The molecule has 0 aromatic heterocycles. The van der Waals surface area contributed by atoms with Crippen LogP contribution in [-0.2, 0) is 10.2 Å². The van der Waals surface area contributed by atoms with E-state index in [9.17, 15) is 9.59 Å². The Morgan fingerprint density at radius 1 is 1.35 bits per heavy atom. The van der Waals surface area contributed by atoms with Crippen LogP contribution in [0.5, 0.6) is 5.75 Å². The first-order valence-corrected chi connectivity index (χ1v) is 7.75. The normalized spacial score (nSPS) is 13.0. The van der Waals surface area contributed by atoms with Crippen LogP contribution in [0.2, 0.25) is 0 Å². The quantitative estimate of drug-likeness (QED) is 0.766. The van der Waals surface area contributed by atoms with Gasteiger partial charge in [0.2, 0.25) is 5.91 Å². The molecule has 0 heterocycles. The minimum atomic E-state index is -0.618. The van der Waals surface area contributed by atoms with Gasteiger partial charge >= 0.3 is 6.03 Å². The number of carbonyl (C=O) groups is 2. The minimum absolute atomic E-state index is 0.0349. The lowest BCUT2D eigenvalue weighted by atomic mass is 9.77. The molecular formula is C17H27N3O3. The number of hydrogen-bond donors (Lipinski definition) is 2. The van der Waals surface area contributed by atoms with Gasteiger partial charge in [-0.05, 0) is 24.3 Å². The second-order valence-electron chi connectivity index (χ2n) is 5.91. The van der Waals surface area contributed by atoms with E-state index in [1.165, 1.54) is 11.9 Å². The Kier molecular flexibility index (Phi) is 6.88. The van der Waals surface area contributed by atoms with Crippen LogP contribution in [-0.4, -0.2) is 44.1 Å². The number of hydrogen-bond acceptors (Lipinski definition) is 3. The van der Waals surface area contributed by atoms with Gasteiger partial charge in [-0.2, -0.15) is 0 Å². The SMILES string of the molecule is CC[C@](C)(CCNC(=O)CN(C)C(N)=O)c1ccccc1OC. The van der Waals surface area contributed by atoms with Gasteiger partial charge in [0.15, 0.2) is 0 Å². The van der Waals surface area contributed by atoms with Crippen LogP contribution in [0.1, 0.15) is 32.3 Å². The van der Waals surface area contributed by atoms with Gasteiger partial charge < -0.3 is 20.7 Å². The third kappa shape index (κ3) is 5.16. The monoisotopic (exact) mass is 321 g/mol. The topological polar surface area (TPSA) is 84.7 Å². The molecule has 0 saturated carbocycles. The number of methoxy groups -OCH3 is 1. The van der Waals surface area contributed by atoms with Gasteiger partial charge in [0.25, 0.3) is 0 Å². The highest BCUT2D eigenvalue weighted by Crippen LogP contribution is 2.36. The van der Waals surface area contributed by atoms with E-state index in [-0.39, 0.29) is 17.9 Å². The highest BCUT2D eigenvalue weighted by molar-refractivity contribution is 5.83. The number of primary amides is 1. The van der Waals surface area contributed by atoms with Gasteiger partial charge in [0.05, 0.1) is 7.11 Å². The fourth-order valence-electron chi connectivity index (χ4n) is 2.47. The maximum absolute atomic E-state index is 11.8. The zero-order valence-corrected chi connectivity index (χ0v) is 14.4. The predicted molar refractivity (Wildman–Crippen MR) is 90.5 cm³/mol. The molecule has 1 atom stereocenters. The first-order valence-electron chi connectivity index (χ1n) is 7.75. The molecule has 1 aromatic carbocycles. The molecule has 128 valence electrons. The summed E-state index contributed by atoms with van der Waals surface area (Å²) in [5.41, 5.74) is 6.14. The van der Waals surface area contributed by atoms with E-state index in [1.54, 1.807) is 7.11 Å². The number of nitrogens with zero attached hydrogens (tertiary/aromatic N) is 1. The van der Waals surface area contributed by atoms with Crippen molar-refractivity contribution in [2.24, 2.45) is 5.73 Å². The smallest absolute Gasteiger partial charge is 0.314 e. The summed E-state index contributed by atoms with van der Waals surface area (Å²) in [6.45, 7) is 4.77. The molecule has 6 nitrogen and oxygen atoms in total. The van der Waals surface area contributed by atoms with Gasteiger partial charge in [-0.25, -0.2) is 4.79 Å². The average Bonchev–Trinajstić information content (AvgIpc) is 2.54. The number of rotatable bonds is 8. The second-order valence-corrected chi connectivity index (χ2v) is 5.91. The van der Waals surface area contributed by atoms with Crippen molar-refractivity contribution in [2.75, 3.05) is 27.2 Å². The lowest BCUT2D eigenvalue weighted by molar-refractivity contribution is -0.121. The number of benzene rings is 1. The molecule has 1 rings (SSSR count). The van der Waals surface area contributed by atoms with E-state index in [0.717, 1.165) is 24.2 Å². The minimum Gasteiger partial charge on any atom is -0.496 e. The number of likely N-dealkylation sites (N-methyl/N-ethyl adjacent to an activating group) is 1. The fraction of sp³-hybridized carbons (Fsp3) is 0.529. The molecule has 0 aliphatic heterocycles. The lowest BCUT2D eigenvalue weighted by Gasteiger charge is -2.30. The van der Waals surface area contributed by atoms with E-state index in [2.05, 4.69) is 25.2 Å². The number of nitrogens with one attached hydrogen (secondary N) is 1. The zero-order chi connectivity index (χ0) is 17.5. The average molecular weight is 321 g/mol. The summed E-state index contributed by atoms with van der Waals surface area (Å²) in [6, 6.07) is 7.33. The van der Waals surface area contributed by atoms with E-state index in [0.29, 0.717) is 6.54 Å². The molecule has 0 radical (unpaired) electrons. The number of carbonyl (C=O) groups excluding carboxylic acids is 2. The lowest BCUT2D eigenvalue weighted by Crippen LogP contribution is -2.41. The number of amides is 3. The molecule has 0 unspecified atom stereocenters. The predicted octanol–water partition coefficient (Wildman–Crippen LogP) is 1.88. The number of ether oxygens (including phenoxy) is 1. The van der Waals surface area contributed by atoms with Crippen molar-refractivity contribution in [2.45, 2.75) is 32.1 Å². The van der Waals surface area contributed by atoms with Crippen molar-refractivity contribution < 1.29 is 14.3 Å². The van der Waals surface area contributed by atoms with Crippen LogP contribution in [0.15, 0.2) is 24.3 Å². The van der Waals surface area contributed by atoms with E-state index >= 15 is 0 Å². The molecule has 0 aliphatic rings. The Hall–Kier alpha value is -2.24. The Morgan fingerprint density at radius 3 is 2.57 bits per heavy atom. The molecule has 0 fully saturated rings. The van der Waals surface area contributed by atoms with E-state index in [1.807, 2.05) is 18.2 Å². The first kappa shape index (κ1) is 18.8. The molecule has 0 saturated heterocycles. The van der Waals surface area contributed by atoms with Crippen LogP contribution in [0, 0.1) is 0 Å². The Morgan fingerprint density at radius 2 is 2.00 bits per heavy atom. The Balaban J connectivity index is 2.66. The largest absolute Gasteiger partial charge is 0.496 e. The maximum atomic E-state index is 11.8. The highest BCUT2D eigenvalue weighted by atomic mass is 16.5. The summed E-state index contributed by atoms with van der Waals surface area (Å²) < 4.78 is 5.45.